The molecule has 0 spiro atoms. The van der Waals surface area contributed by atoms with Crippen LogP contribution in [0.4, 0.5) is 0 Å². The minimum absolute atomic E-state index is 0.0835. The van der Waals surface area contributed by atoms with Crippen molar-refractivity contribution in [1.29, 1.82) is 0 Å². The van der Waals surface area contributed by atoms with E-state index in [9.17, 15) is 4.79 Å². The van der Waals surface area contributed by atoms with Gasteiger partial charge in [-0.05, 0) is 32.1 Å². The number of nitrogens with zero attached hydrogens (tertiary/aromatic N) is 1. The number of carbonyl (C=O) groups is 1. The van der Waals surface area contributed by atoms with E-state index in [1.807, 2.05) is 0 Å². The average Bonchev–Trinajstić information content (AvgIpc) is 2.93. The molecule has 0 aromatic carbocycles. The number of nitrogens with one attached hydrogen (secondary N) is 1. The van der Waals surface area contributed by atoms with Crippen molar-refractivity contribution in [3.8, 4) is 0 Å². The van der Waals surface area contributed by atoms with Gasteiger partial charge in [0.2, 0.25) is 5.91 Å². The van der Waals surface area contributed by atoms with Crippen molar-refractivity contribution in [2.45, 2.75) is 57.0 Å². The van der Waals surface area contributed by atoms with Gasteiger partial charge in [-0.1, -0.05) is 25.1 Å². The number of thiocarbonyl (C=S) groups is 1. The van der Waals surface area contributed by atoms with Crippen LogP contribution in [0.25, 0.3) is 0 Å². The van der Waals surface area contributed by atoms with E-state index in [1.54, 1.807) is 0 Å². The Morgan fingerprint density at radius 1 is 1.26 bits per heavy atom. The summed E-state index contributed by atoms with van der Waals surface area (Å²) in [6.07, 6.45) is 7.50. The zero-order valence-corrected chi connectivity index (χ0v) is 12.2. The molecule has 3 fully saturated rings. The second kappa shape index (κ2) is 5.02. The van der Waals surface area contributed by atoms with Crippen LogP contribution in [0, 0.1) is 5.41 Å². The largest absolute Gasteiger partial charge is 0.392 e. The van der Waals surface area contributed by atoms with Gasteiger partial charge in [0, 0.05) is 25.2 Å². The molecule has 2 saturated carbocycles. The Hall–Kier alpha value is -0.680. The molecule has 1 heterocycles. The van der Waals surface area contributed by atoms with Gasteiger partial charge in [0.15, 0.2) is 0 Å². The molecule has 0 aromatic heterocycles. The van der Waals surface area contributed by atoms with Crippen LogP contribution in [0.15, 0.2) is 0 Å². The maximum atomic E-state index is 12.6. The van der Waals surface area contributed by atoms with E-state index >= 15 is 0 Å². The summed E-state index contributed by atoms with van der Waals surface area (Å²) < 4.78 is 0. The molecular weight excluding hydrogens is 258 g/mol. The van der Waals surface area contributed by atoms with Crippen LogP contribution in [-0.4, -0.2) is 41.0 Å². The summed E-state index contributed by atoms with van der Waals surface area (Å²) in [5.41, 5.74) is 5.30. The molecule has 2 aliphatic carbocycles. The predicted octanol–water partition coefficient (Wildman–Crippen LogP) is 1.19. The van der Waals surface area contributed by atoms with Gasteiger partial charge in [-0.2, -0.15) is 0 Å². The first-order chi connectivity index (χ1) is 9.12. The van der Waals surface area contributed by atoms with Crippen molar-refractivity contribution in [3.63, 3.8) is 0 Å². The first-order valence-electron chi connectivity index (χ1n) is 7.47. The van der Waals surface area contributed by atoms with Crippen molar-refractivity contribution < 1.29 is 4.79 Å². The lowest BCUT2D eigenvalue weighted by atomic mass is 9.85. The van der Waals surface area contributed by atoms with Crippen molar-refractivity contribution >= 4 is 23.1 Å². The molecule has 1 amide bonds. The van der Waals surface area contributed by atoms with Crippen molar-refractivity contribution in [1.82, 2.24) is 10.2 Å². The number of nitrogens with two attached hydrogens (primary N) is 1. The lowest BCUT2D eigenvalue weighted by Gasteiger charge is -2.28. The molecule has 0 bridgehead atoms. The molecule has 3 rings (SSSR count). The molecule has 1 unspecified atom stereocenters. The number of likely N-dealkylation sites (tertiary alicyclic amines) is 1. The lowest BCUT2D eigenvalue weighted by molar-refractivity contribution is -0.128. The van der Waals surface area contributed by atoms with E-state index in [0.29, 0.717) is 11.0 Å². The van der Waals surface area contributed by atoms with Gasteiger partial charge >= 0.3 is 0 Å². The molecule has 0 radical (unpaired) electrons. The Morgan fingerprint density at radius 3 is 2.53 bits per heavy atom. The second-order valence-corrected chi connectivity index (χ2v) is 6.78. The third-order valence-electron chi connectivity index (χ3n) is 4.98. The summed E-state index contributed by atoms with van der Waals surface area (Å²) in [4.78, 5) is 15.5. The number of carbonyl (C=O) groups excluding carboxylic acids is 1. The van der Waals surface area contributed by atoms with Gasteiger partial charge in [0.25, 0.3) is 0 Å². The highest BCUT2D eigenvalue weighted by molar-refractivity contribution is 7.80. The summed E-state index contributed by atoms with van der Waals surface area (Å²) in [5.74, 6) is 0.0835. The molecule has 3 aliphatic rings. The fourth-order valence-electron chi connectivity index (χ4n) is 3.56. The minimum atomic E-state index is -0.553. The average molecular weight is 281 g/mol. The lowest BCUT2D eigenvalue weighted by Crippen LogP contribution is -2.50. The fraction of sp³-hybridized carbons (Fsp3) is 0.857. The van der Waals surface area contributed by atoms with E-state index in [2.05, 4.69) is 10.2 Å². The second-order valence-electron chi connectivity index (χ2n) is 6.34. The van der Waals surface area contributed by atoms with Crippen molar-refractivity contribution in [2.75, 3.05) is 13.1 Å². The minimum Gasteiger partial charge on any atom is -0.392 e. The quantitative estimate of drug-likeness (QED) is 0.760. The third kappa shape index (κ3) is 2.50. The molecule has 3 N–H and O–H groups in total. The highest BCUT2D eigenvalue weighted by Gasteiger charge is 2.45. The first-order valence-corrected chi connectivity index (χ1v) is 7.87. The predicted molar refractivity (Wildman–Crippen MR) is 78.8 cm³/mol. The maximum Gasteiger partial charge on any atom is 0.233 e. The van der Waals surface area contributed by atoms with Gasteiger partial charge in [0.05, 0.1) is 10.4 Å². The Labute approximate surface area is 120 Å². The summed E-state index contributed by atoms with van der Waals surface area (Å²) in [7, 11) is 0. The molecule has 19 heavy (non-hydrogen) atoms. The van der Waals surface area contributed by atoms with Gasteiger partial charge in [-0.15, -0.1) is 0 Å². The number of amides is 1. The molecule has 1 atom stereocenters. The van der Waals surface area contributed by atoms with Gasteiger partial charge in [-0.3, -0.25) is 9.69 Å². The Balaban J connectivity index is 1.59. The van der Waals surface area contributed by atoms with Crippen LogP contribution in [0.3, 0.4) is 0 Å². The summed E-state index contributed by atoms with van der Waals surface area (Å²) >= 11 is 5.17. The summed E-state index contributed by atoms with van der Waals surface area (Å²) in [6.45, 7) is 2.12. The first kappa shape index (κ1) is 13.3. The molecule has 5 heteroatoms. The Morgan fingerprint density at radius 2 is 1.95 bits per heavy atom. The van der Waals surface area contributed by atoms with Crippen LogP contribution >= 0.6 is 12.2 Å². The van der Waals surface area contributed by atoms with Crippen LogP contribution in [0.5, 0.6) is 0 Å². The Kier molecular flexibility index (Phi) is 3.52. The zero-order valence-electron chi connectivity index (χ0n) is 11.4. The molecule has 106 valence electrons. The van der Waals surface area contributed by atoms with Gasteiger partial charge < -0.3 is 11.1 Å². The number of hydrogen-bond donors (Lipinski definition) is 2. The monoisotopic (exact) mass is 281 g/mol. The fourth-order valence-corrected chi connectivity index (χ4v) is 3.86. The van der Waals surface area contributed by atoms with E-state index in [1.165, 1.54) is 12.8 Å². The van der Waals surface area contributed by atoms with Gasteiger partial charge in [-0.25, -0.2) is 0 Å². The van der Waals surface area contributed by atoms with E-state index < -0.39 is 5.41 Å². The SMILES string of the molecule is NC(=S)C1(C(=O)NC2CCN(C3CC3)C2)CCCC1. The standard InChI is InChI=1S/C14H23N3OS/c15-12(19)14(6-1-2-7-14)13(18)16-10-5-8-17(9-10)11-3-4-11/h10-11H,1-9H2,(H2,15,19)(H,16,18). The Bertz CT molecular complexity index is 388. The molecule has 1 aliphatic heterocycles. The molecule has 1 saturated heterocycles. The topological polar surface area (TPSA) is 58.4 Å². The third-order valence-corrected chi connectivity index (χ3v) is 5.37. The van der Waals surface area contributed by atoms with Crippen molar-refractivity contribution in [3.05, 3.63) is 0 Å². The summed E-state index contributed by atoms with van der Waals surface area (Å²) in [6, 6.07) is 1.08. The van der Waals surface area contributed by atoms with Crippen molar-refractivity contribution in [2.24, 2.45) is 11.1 Å². The zero-order chi connectivity index (χ0) is 13.5. The smallest absolute Gasteiger partial charge is 0.233 e. The van der Waals surface area contributed by atoms with Crippen LogP contribution in [-0.2, 0) is 4.79 Å². The van der Waals surface area contributed by atoms with E-state index in [-0.39, 0.29) is 5.91 Å². The number of hydrogen-bond acceptors (Lipinski definition) is 3. The highest BCUT2D eigenvalue weighted by atomic mass is 32.1. The number of rotatable bonds is 4. The molecular formula is C14H23N3OS. The van der Waals surface area contributed by atoms with Crippen LogP contribution in [0.1, 0.15) is 44.9 Å². The van der Waals surface area contributed by atoms with Gasteiger partial charge in [0.1, 0.15) is 0 Å². The van der Waals surface area contributed by atoms with E-state index in [0.717, 1.165) is 51.2 Å². The highest BCUT2D eigenvalue weighted by Crippen LogP contribution is 2.39. The van der Waals surface area contributed by atoms with Crippen LogP contribution in [0.2, 0.25) is 0 Å². The van der Waals surface area contributed by atoms with E-state index in [4.69, 9.17) is 18.0 Å². The van der Waals surface area contributed by atoms with Crippen LogP contribution < -0.4 is 11.1 Å². The molecule has 4 nitrogen and oxygen atoms in total. The summed E-state index contributed by atoms with van der Waals surface area (Å²) in [5, 5.41) is 3.21. The maximum absolute atomic E-state index is 12.6. The molecule has 0 aromatic rings. The normalized spacial score (nSPS) is 30.4.